The Bertz CT molecular complexity index is 282. The molecule has 0 aromatic heterocycles. The minimum Gasteiger partial charge on any atom is -0.286 e. The van der Waals surface area contributed by atoms with Crippen LogP contribution in [0, 0.1) is 0 Å². The Balaban J connectivity index is 2.48. The first-order chi connectivity index (χ1) is 4.79. The summed E-state index contributed by atoms with van der Waals surface area (Å²) in [5, 5.41) is 0. The van der Waals surface area contributed by atoms with E-state index >= 15 is 0 Å². The van der Waals surface area contributed by atoms with Crippen molar-refractivity contribution in [1.82, 2.24) is 0 Å². The molecule has 0 heterocycles. The second-order valence-electron chi connectivity index (χ2n) is 2.53. The van der Waals surface area contributed by atoms with Crippen LogP contribution in [0.2, 0.25) is 0 Å². The molecule has 10 heavy (non-hydrogen) atoms. The zero-order valence-electron chi connectivity index (χ0n) is 5.39. The third-order valence-corrected chi connectivity index (χ3v) is 1.97. The van der Waals surface area contributed by atoms with Gasteiger partial charge in [-0.2, -0.15) is 0 Å². The van der Waals surface area contributed by atoms with Crippen LogP contribution in [0.3, 0.4) is 0 Å². The van der Waals surface area contributed by atoms with Crippen molar-refractivity contribution < 1.29 is 9.59 Å². The average Bonchev–Trinajstić information content (AvgIpc) is 1.82. The Kier molecular flexibility index (Phi) is 0.926. The van der Waals surface area contributed by atoms with Gasteiger partial charge in [-0.3, -0.25) is 9.59 Å². The minimum absolute atomic E-state index is 0.288. The topological polar surface area (TPSA) is 34.1 Å². The van der Waals surface area contributed by atoms with Gasteiger partial charge in [-0.1, -0.05) is 6.08 Å². The summed E-state index contributed by atoms with van der Waals surface area (Å²) in [5.74, 6) is -0.651. The van der Waals surface area contributed by atoms with Crippen molar-refractivity contribution in [1.29, 1.82) is 0 Å². The van der Waals surface area contributed by atoms with E-state index in [4.69, 9.17) is 0 Å². The molecule has 0 fully saturated rings. The van der Waals surface area contributed by atoms with Crippen molar-refractivity contribution in [2.24, 2.45) is 0 Å². The molecular formula is C8H6O2. The quantitative estimate of drug-likeness (QED) is 0.362. The Morgan fingerprint density at radius 1 is 1.10 bits per heavy atom. The molecule has 0 atom stereocenters. The Morgan fingerprint density at radius 3 is 2.40 bits per heavy atom. The maximum Gasteiger partial charge on any atom is 0.229 e. The van der Waals surface area contributed by atoms with Gasteiger partial charge in [-0.05, 0) is 24.5 Å². The fourth-order valence-corrected chi connectivity index (χ4v) is 1.24. The summed E-state index contributed by atoms with van der Waals surface area (Å²) in [4.78, 5) is 21.6. The molecule has 2 aliphatic rings. The maximum absolute atomic E-state index is 10.9. The second kappa shape index (κ2) is 1.66. The van der Waals surface area contributed by atoms with Crippen LogP contribution >= 0.6 is 0 Å². The van der Waals surface area contributed by atoms with Gasteiger partial charge < -0.3 is 0 Å². The molecule has 0 aromatic rings. The zero-order valence-corrected chi connectivity index (χ0v) is 5.39. The summed E-state index contributed by atoms with van der Waals surface area (Å²) in [6.45, 7) is 0. The van der Waals surface area contributed by atoms with Crippen molar-refractivity contribution in [3.05, 3.63) is 23.3 Å². The predicted molar refractivity (Wildman–Crippen MR) is 35.4 cm³/mol. The molecule has 0 N–H and O–H groups in total. The smallest absolute Gasteiger partial charge is 0.229 e. The number of rotatable bonds is 0. The molecule has 2 nitrogen and oxygen atoms in total. The van der Waals surface area contributed by atoms with Crippen molar-refractivity contribution in [3.8, 4) is 0 Å². The molecule has 50 valence electrons. The normalized spacial score (nSPS) is 22.8. The number of allylic oxidation sites excluding steroid dienone is 4. The fourth-order valence-electron chi connectivity index (χ4n) is 1.24. The van der Waals surface area contributed by atoms with Crippen LogP contribution in [0.5, 0.6) is 0 Å². The molecule has 0 radical (unpaired) electrons. The summed E-state index contributed by atoms with van der Waals surface area (Å²) < 4.78 is 0. The van der Waals surface area contributed by atoms with Gasteiger partial charge in [0.1, 0.15) is 0 Å². The van der Waals surface area contributed by atoms with Gasteiger partial charge in [0, 0.05) is 5.57 Å². The highest BCUT2D eigenvalue weighted by Crippen LogP contribution is 2.31. The molecule has 0 spiro atoms. The average molecular weight is 134 g/mol. The number of hydrogen-bond donors (Lipinski definition) is 0. The van der Waals surface area contributed by atoms with Crippen LogP contribution < -0.4 is 0 Å². The van der Waals surface area contributed by atoms with Gasteiger partial charge in [0.05, 0.1) is 0 Å². The summed E-state index contributed by atoms with van der Waals surface area (Å²) >= 11 is 0. The van der Waals surface area contributed by atoms with Crippen molar-refractivity contribution in [2.45, 2.75) is 12.8 Å². The number of ketones is 2. The van der Waals surface area contributed by atoms with Gasteiger partial charge >= 0.3 is 0 Å². The lowest BCUT2D eigenvalue weighted by molar-refractivity contribution is -0.132. The summed E-state index contributed by atoms with van der Waals surface area (Å²) in [5.41, 5.74) is 1.80. The van der Waals surface area contributed by atoms with E-state index in [0.29, 0.717) is 0 Å². The van der Waals surface area contributed by atoms with Crippen LogP contribution in [0.25, 0.3) is 0 Å². The number of hydrogen-bond acceptors (Lipinski definition) is 2. The first-order valence-corrected chi connectivity index (χ1v) is 3.28. The molecule has 0 saturated heterocycles. The Labute approximate surface area is 58.2 Å². The lowest BCUT2D eigenvalue weighted by Crippen LogP contribution is -2.23. The maximum atomic E-state index is 10.9. The van der Waals surface area contributed by atoms with Crippen LogP contribution in [0.15, 0.2) is 23.3 Å². The molecule has 2 heteroatoms. The largest absolute Gasteiger partial charge is 0.286 e. The molecule has 0 bridgehead atoms. The van der Waals surface area contributed by atoms with Crippen LogP contribution in [0.1, 0.15) is 12.8 Å². The lowest BCUT2D eigenvalue weighted by Gasteiger charge is -2.21. The molecule has 2 aliphatic carbocycles. The Hall–Kier alpha value is -1.18. The monoisotopic (exact) mass is 134 g/mol. The molecular weight excluding hydrogens is 128 g/mol. The minimum atomic E-state index is -0.363. The highest BCUT2D eigenvalue weighted by molar-refractivity contribution is 6.48. The van der Waals surface area contributed by atoms with Gasteiger partial charge in [0.2, 0.25) is 11.6 Å². The van der Waals surface area contributed by atoms with Gasteiger partial charge in [-0.15, -0.1) is 0 Å². The number of carbonyl (C=O) groups is 2. The fraction of sp³-hybridized carbons (Fsp3) is 0.250. The lowest BCUT2D eigenvalue weighted by atomic mass is 9.81. The highest BCUT2D eigenvalue weighted by Gasteiger charge is 2.28. The third kappa shape index (κ3) is 0.533. The molecule has 0 aliphatic heterocycles. The molecule has 0 saturated carbocycles. The highest BCUT2D eigenvalue weighted by atomic mass is 16.2. The third-order valence-electron chi connectivity index (χ3n) is 1.97. The van der Waals surface area contributed by atoms with Crippen LogP contribution in [-0.4, -0.2) is 11.6 Å². The van der Waals surface area contributed by atoms with E-state index < -0.39 is 0 Å². The van der Waals surface area contributed by atoms with E-state index in [-0.39, 0.29) is 11.6 Å². The van der Waals surface area contributed by atoms with E-state index in [2.05, 4.69) is 0 Å². The number of Topliss-reactive ketones (excluding diaryl/α,β-unsaturated/α-hetero) is 1. The van der Waals surface area contributed by atoms with Gasteiger partial charge in [-0.25, -0.2) is 0 Å². The van der Waals surface area contributed by atoms with Gasteiger partial charge in [0.25, 0.3) is 0 Å². The summed E-state index contributed by atoms with van der Waals surface area (Å²) in [7, 11) is 0. The molecule has 0 aromatic carbocycles. The summed E-state index contributed by atoms with van der Waals surface area (Å²) in [6.07, 6.45) is 4.87. The first kappa shape index (κ1) is 5.59. The van der Waals surface area contributed by atoms with Gasteiger partial charge in [0.15, 0.2) is 0 Å². The Morgan fingerprint density at radius 2 is 1.90 bits per heavy atom. The van der Waals surface area contributed by atoms with E-state index in [0.717, 1.165) is 24.0 Å². The van der Waals surface area contributed by atoms with Crippen molar-refractivity contribution >= 4 is 11.6 Å². The van der Waals surface area contributed by atoms with E-state index in [1.165, 1.54) is 6.08 Å². The van der Waals surface area contributed by atoms with Crippen molar-refractivity contribution in [3.63, 3.8) is 0 Å². The van der Waals surface area contributed by atoms with Crippen LogP contribution in [0.4, 0.5) is 0 Å². The predicted octanol–water partition coefficient (Wildman–Crippen LogP) is 0.785. The van der Waals surface area contributed by atoms with E-state index in [1.54, 1.807) is 6.08 Å². The SMILES string of the molecule is O=C1C=CC2=C(CC2)C1=O. The molecule has 0 unspecified atom stereocenters. The summed E-state index contributed by atoms with van der Waals surface area (Å²) in [6, 6.07) is 0. The van der Waals surface area contributed by atoms with Crippen molar-refractivity contribution in [2.75, 3.05) is 0 Å². The van der Waals surface area contributed by atoms with Crippen LogP contribution in [-0.2, 0) is 9.59 Å². The zero-order chi connectivity index (χ0) is 7.14. The van der Waals surface area contributed by atoms with E-state index in [9.17, 15) is 9.59 Å². The number of carbonyl (C=O) groups excluding carboxylic acids is 2. The standard InChI is InChI=1S/C8H6O2/c9-7-4-2-5-1-3-6(5)8(7)10/h2,4H,1,3H2. The second-order valence-corrected chi connectivity index (χ2v) is 2.53. The molecule has 0 amide bonds. The van der Waals surface area contributed by atoms with E-state index in [1.807, 2.05) is 0 Å². The molecule has 2 rings (SSSR count). The first-order valence-electron chi connectivity index (χ1n) is 3.28.